The number of fused-ring (bicyclic) bond motifs is 1. The number of aromatic nitrogens is 1. The molecule has 0 bridgehead atoms. The lowest BCUT2D eigenvalue weighted by molar-refractivity contribution is 0.112. The van der Waals surface area contributed by atoms with Crippen molar-refractivity contribution in [2.24, 2.45) is 0 Å². The highest BCUT2D eigenvalue weighted by Crippen LogP contribution is 2.36. The van der Waals surface area contributed by atoms with Gasteiger partial charge in [0.15, 0.2) is 11.9 Å². The van der Waals surface area contributed by atoms with Crippen molar-refractivity contribution in [3.05, 3.63) is 42.0 Å². The van der Waals surface area contributed by atoms with Gasteiger partial charge < -0.3 is 13.9 Å². The van der Waals surface area contributed by atoms with Crippen molar-refractivity contribution in [2.75, 3.05) is 14.2 Å². The maximum atomic E-state index is 11.1. The van der Waals surface area contributed by atoms with E-state index in [-0.39, 0.29) is 0 Å². The van der Waals surface area contributed by atoms with Crippen LogP contribution in [0.25, 0.3) is 22.6 Å². The Hall–Kier alpha value is -2.82. The van der Waals surface area contributed by atoms with Crippen LogP contribution in [0, 0.1) is 0 Å². The predicted molar refractivity (Wildman–Crippen MR) is 77.9 cm³/mol. The molecule has 5 heteroatoms. The van der Waals surface area contributed by atoms with E-state index in [0.29, 0.717) is 34.1 Å². The molecule has 1 heterocycles. The number of carbonyl (C=O) groups excluding carboxylic acids is 1. The predicted octanol–water partition coefficient (Wildman–Crippen LogP) is 3.32. The molecule has 5 nitrogen and oxygen atoms in total. The van der Waals surface area contributed by atoms with Crippen molar-refractivity contribution in [3.63, 3.8) is 0 Å². The molecule has 0 aliphatic heterocycles. The lowest BCUT2D eigenvalue weighted by atomic mass is 10.1. The molecule has 0 radical (unpaired) electrons. The van der Waals surface area contributed by atoms with Gasteiger partial charge in [0.1, 0.15) is 17.0 Å². The number of rotatable bonds is 4. The molecule has 0 fully saturated rings. The Morgan fingerprint density at radius 1 is 1.10 bits per heavy atom. The Balaban J connectivity index is 2.22. The normalized spacial score (nSPS) is 10.6. The van der Waals surface area contributed by atoms with Crippen LogP contribution in [0.15, 0.2) is 40.8 Å². The van der Waals surface area contributed by atoms with Crippen LogP contribution in [0.3, 0.4) is 0 Å². The topological polar surface area (TPSA) is 61.6 Å². The molecule has 0 aliphatic rings. The summed E-state index contributed by atoms with van der Waals surface area (Å²) in [6, 6.07) is 10.8. The number of benzene rings is 2. The van der Waals surface area contributed by atoms with Gasteiger partial charge in [-0.15, -0.1) is 0 Å². The number of para-hydroxylation sites is 2. The summed E-state index contributed by atoms with van der Waals surface area (Å²) >= 11 is 0. The second-order valence-corrected chi connectivity index (χ2v) is 4.40. The summed E-state index contributed by atoms with van der Waals surface area (Å²) in [7, 11) is 3.03. The van der Waals surface area contributed by atoms with E-state index in [9.17, 15) is 4.79 Å². The molecule has 0 amide bonds. The number of hydrogen-bond acceptors (Lipinski definition) is 5. The van der Waals surface area contributed by atoms with Crippen LogP contribution in [-0.4, -0.2) is 25.5 Å². The monoisotopic (exact) mass is 283 g/mol. The second kappa shape index (κ2) is 5.28. The molecule has 0 saturated carbocycles. The average molecular weight is 283 g/mol. The SMILES string of the molecule is COc1cc(-c2nc3ccccc3o2)c(OC)cc1C=O. The van der Waals surface area contributed by atoms with Gasteiger partial charge in [-0.2, -0.15) is 0 Å². The molecule has 3 rings (SSSR count). The Labute approximate surface area is 121 Å². The Morgan fingerprint density at radius 3 is 2.52 bits per heavy atom. The first-order chi connectivity index (χ1) is 10.3. The smallest absolute Gasteiger partial charge is 0.231 e. The number of ether oxygens (including phenoxy) is 2. The first-order valence-electron chi connectivity index (χ1n) is 6.34. The fraction of sp³-hybridized carbons (Fsp3) is 0.125. The van der Waals surface area contributed by atoms with Crippen LogP contribution in [0.2, 0.25) is 0 Å². The molecular formula is C16H13NO4. The number of hydrogen-bond donors (Lipinski definition) is 0. The number of oxazole rings is 1. The van der Waals surface area contributed by atoms with Gasteiger partial charge in [0, 0.05) is 0 Å². The molecule has 0 saturated heterocycles. The van der Waals surface area contributed by atoms with Crippen LogP contribution in [0.5, 0.6) is 11.5 Å². The van der Waals surface area contributed by atoms with E-state index >= 15 is 0 Å². The average Bonchev–Trinajstić information content (AvgIpc) is 2.97. The Kier molecular flexibility index (Phi) is 3.31. The van der Waals surface area contributed by atoms with Crippen molar-refractivity contribution in [1.29, 1.82) is 0 Å². The third kappa shape index (κ3) is 2.23. The van der Waals surface area contributed by atoms with E-state index in [1.165, 1.54) is 14.2 Å². The maximum Gasteiger partial charge on any atom is 0.231 e. The van der Waals surface area contributed by atoms with E-state index in [2.05, 4.69) is 4.98 Å². The van der Waals surface area contributed by atoms with Crippen LogP contribution in [0.4, 0.5) is 0 Å². The zero-order valence-electron chi connectivity index (χ0n) is 11.6. The highest BCUT2D eigenvalue weighted by Gasteiger charge is 2.17. The second-order valence-electron chi connectivity index (χ2n) is 4.40. The highest BCUT2D eigenvalue weighted by molar-refractivity contribution is 5.85. The van der Waals surface area contributed by atoms with Crippen molar-refractivity contribution in [1.82, 2.24) is 4.98 Å². The van der Waals surface area contributed by atoms with Crippen molar-refractivity contribution < 1.29 is 18.7 Å². The third-order valence-electron chi connectivity index (χ3n) is 3.20. The van der Waals surface area contributed by atoms with E-state index in [1.54, 1.807) is 12.1 Å². The minimum atomic E-state index is 0.411. The molecule has 0 unspecified atom stereocenters. The quantitative estimate of drug-likeness (QED) is 0.687. The summed E-state index contributed by atoms with van der Waals surface area (Å²) in [5, 5.41) is 0. The van der Waals surface area contributed by atoms with Gasteiger partial charge in [-0.1, -0.05) is 12.1 Å². The zero-order chi connectivity index (χ0) is 14.8. The lowest BCUT2D eigenvalue weighted by Gasteiger charge is -2.10. The van der Waals surface area contributed by atoms with Gasteiger partial charge in [-0.25, -0.2) is 4.98 Å². The molecule has 21 heavy (non-hydrogen) atoms. The molecule has 0 aliphatic carbocycles. The van der Waals surface area contributed by atoms with Crippen molar-refractivity contribution in [2.45, 2.75) is 0 Å². The van der Waals surface area contributed by atoms with Crippen LogP contribution in [-0.2, 0) is 0 Å². The number of aldehydes is 1. The summed E-state index contributed by atoms with van der Waals surface area (Å²) in [4.78, 5) is 15.5. The fourth-order valence-electron chi connectivity index (χ4n) is 2.17. The Bertz CT molecular complexity index is 774. The van der Waals surface area contributed by atoms with Gasteiger partial charge in [-0.05, 0) is 24.3 Å². The van der Waals surface area contributed by atoms with E-state index in [0.717, 1.165) is 11.8 Å². The van der Waals surface area contributed by atoms with Crippen molar-refractivity contribution in [3.8, 4) is 23.0 Å². The molecule has 0 spiro atoms. The van der Waals surface area contributed by atoms with Gasteiger partial charge in [0.2, 0.25) is 5.89 Å². The maximum absolute atomic E-state index is 11.1. The minimum absolute atomic E-state index is 0.411. The van der Waals surface area contributed by atoms with Gasteiger partial charge in [0.05, 0.1) is 25.3 Å². The molecule has 3 aromatic rings. The number of carbonyl (C=O) groups is 1. The lowest BCUT2D eigenvalue weighted by Crippen LogP contribution is -1.95. The van der Waals surface area contributed by atoms with Gasteiger partial charge in [0.25, 0.3) is 0 Å². The summed E-state index contributed by atoms with van der Waals surface area (Å²) in [6.07, 6.45) is 0.719. The van der Waals surface area contributed by atoms with E-state index in [1.807, 2.05) is 24.3 Å². The van der Waals surface area contributed by atoms with E-state index < -0.39 is 0 Å². The first-order valence-corrected chi connectivity index (χ1v) is 6.34. The van der Waals surface area contributed by atoms with Crippen LogP contribution >= 0.6 is 0 Å². The highest BCUT2D eigenvalue weighted by atomic mass is 16.5. The van der Waals surface area contributed by atoms with Crippen LogP contribution in [0.1, 0.15) is 10.4 Å². The third-order valence-corrected chi connectivity index (χ3v) is 3.20. The van der Waals surface area contributed by atoms with Crippen molar-refractivity contribution >= 4 is 17.4 Å². The largest absolute Gasteiger partial charge is 0.496 e. The summed E-state index contributed by atoms with van der Waals surface area (Å²) < 4.78 is 16.3. The summed E-state index contributed by atoms with van der Waals surface area (Å²) in [5.41, 5.74) is 2.49. The molecule has 2 aromatic carbocycles. The molecular weight excluding hydrogens is 270 g/mol. The summed E-state index contributed by atoms with van der Waals surface area (Å²) in [5.74, 6) is 1.37. The number of nitrogens with zero attached hydrogens (tertiary/aromatic N) is 1. The molecule has 0 atom stereocenters. The molecule has 1 aromatic heterocycles. The number of methoxy groups -OCH3 is 2. The zero-order valence-corrected chi connectivity index (χ0v) is 11.6. The molecule has 106 valence electrons. The van der Waals surface area contributed by atoms with Crippen LogP contribution < -0.4 is 9.47 Å². The summed E-state index contributed by atoms with van der Waals surface area (Å²) in [6.45, 7) is 0. The molecule has 0 N–H and O–H groups in total. The Morgan fingerprint density at radius 2 is 1.86 bits per heavy atom. The van der Waals surface area contributed by atoms with E-state index in [4.69, 9.17) is 13.9 Å². The fourth-order valence-corrected chi connectivity index (χ4v) is 2.17. The standard InChI is InChI=1S/C16H13NO4/c1-19-14-8-11(15(20-2)7-10(14)9-18)16-17-12-5-3-4-6-13(12)21-16/h3-9H,1-2H3. The van der Waals surface area contributed by atoms with Gasteiger partial charge >= 0.3 is 0 Å². The van der Waals surface area contributed by atoms with Gasteiger partial charge in [-0.3, -0.25) is 4.79 Å². The first kappa shape index (κ1) is 13.2. The minimum Gasteiger partial charge on any atom is -0.496 e.